The highest BCUT2D eigenvalue weighted by atomic mass is 16.5. The molecule has 0 aromatic carbocycles. The third kappa shape index (κ3) is 10.1. The number of rotatable bonds is 8. The van der Waals surface area contributed by atoms with Crippen LogP contribution in [0.2, 0.25) is 0 Å². The lowest BCUT2D eigenvalue weighted by molar-refractivity contribution is -0.144. The van der Waals surface area contributed by atoms with E-state index in [4.69, 9.17) is 4.74 Å². The fraction of sp³-hybridized carbons (Fsp3) is 0.640. The number of urea groups is 1. The minimum Gasteiger partial charge on any atom is -0.467 e. The minimum absolute atomic E-state index is 0.00115. The summed E-state index contributed by atoms with van der Waals surface area (Å²) in [6, 6.07) is -3.98. The molecule has 4 atom stereocenters. The smallest absolute Gasteiger partial charge is 0.328 e. The second-order valence-corrected chi connectivity index (χ2v) is 9.72. The van der Waals surface area contributed by atoms with E-state index >= 15 is 0 Å². The zero-order chi connectivity index (χ0) is 27.4. The van der Waals surface area contributed by atoms with Crippen molar-refractivity contribution in [1.29, 1.82) is 0 Å². The second-order valence-electron chi connectivity index (χ2n) is 9.72. The van der Waals surface area contributed by atoms with Crippen LogP contribution in [0.5, 0.6) is 0 Å². The molecule has 1 rings (SSSR count). The highest BCUT2D eigenvalue weighted by molar-refractivity contribution is 5.94. The van der Waals surface area contributed by atoms with Crippen LogP contribution in [0.15, 0.2) is 24.3 Å². The Bertz CT molecular complexity index is 852. The molecule has 1 aliphatic heterocycles. The molecular weight excluding hydrogens is 466 g/mol. The summed E-state index contributed by atoms with van der Waals surface area (Å²) >= 11 is 0. The first-order valence-corrected chi connectivity index (χ1v) is 12.3. The Hall–Kier alpha value is -3.37. The number of methoxy groups -OCH3 is 1. The third-order valence-corrected chi connectivity index (χ3v) is 5.65. The maximum Gasteiger partial charge on any atom is 0.328 e. The molecule has 0 aromatic heterocycles. The van der Waals surface area contributed by atoms with Gasteiger partial charge < -0.3 is 31.3 Å². The van der Waals surface area contributed by atoms with E-state index in [1.807, 2.05) is 13.8 Å². The Morgan fingerprint density at radius 2 is 1.58 bits per heavy atom. The third-order valence-electron chi connectivity index (χ3n) is 5.65. The van der Waals surface area contributed by atoms with Crippen LogP contribution >= 0.6 is 0 Å². The molecule has 0 radical (unpaired) electrons. The summed E-state index contributed by atoms with van der Waals surface area (Å²) in [5.74, 6) is -2.38. The standard InChI is InChI=1S/C25H41N5O6/c1-14(2)17-11-12-19(31)26-13-9-8-10-18(22(32)27-17)28-23(33)20(15(3)4)29-25(35)30-21(16(5)6)24(34)36-7/h8,10-12,14-18,20-21H,9,13H2,1-7H3,(H,26,31)(H,27,32)(H,28,33)(H2,29,30,35)/b10-8+,12-11+/t17-,18+,20-,21+/m1/s1. The SMILES string of the molecule is COC(=O)[C@@H](NC(=O)N[C@@H](C(=O)N[C@H]1/C=C/CCNC(=O)/C=C/[C@H](C(C)C)NC1=O)C(C)C)C(C)C. The summed E-state index contributed by atoms with van der Waals surface area (Å²) in [4.78, 5) is 62.7. The number of hydrogen-bond acceptors (Lipinski definition) is 6. The highest BCUT2D eigenvalue weighted by Gasteiger charge is 2.31. The zero-order valence-electron chi connectivity index (χ0n) is 22.2. The van der Waals surface area contributed by atoms with Gasteiger partial charge in [0.15, 0.2) is 0 Å². The van der Waals surface area contributed by atoms with E-state index in [-0.39, 0.29) is 23.7 Å². The molecule has 1 aliphatic rings. The summed E-state index contributed by atoms with van der Waals surface area (Å²) in [5, 5.41) is 13.5. The molecule has 36 heavy (non-hydrogen) atoms. The number of carbonyl (C=O) groups excluding carboxylic acids is 5. The molecule has 11 nitrogen and oxygen atoms in total. The monoisotopic (exact) mass is 507 g/mol. The summed E-state index contributed by atoms with van der Waals surface area (Å²) in [6.07, 6.45) is 6.74. The number of ether oxygens (including phenoxy) is 1. The van der Waals surface area contributed by atoms with Crippen molar-refractivity contribution in [3.05, 3.63) is 24.3 Å². The van der Waals surface area contributed by atoms with E-state index in [9.17, 15) is 24.0 Å². The molecule has 1 heterocycles. The topological polar surface area (TPSA) is 155 Å². The van der Waals surface area contributed by atoms with Crippen LogP contribution < -0.4 is 26.6 Å². The summed E-state index contributed by atoms with van der Waals surface area (Å²) in [5.41, 5.74) is 0. The van der Waals surface area contributed by atoms with Gasteiger partial charge in [0.1, 0.15) is 18.1 Å². The molecule has 0 fully saturated rings. The molecule has 0 bridgehead atoms. The van der Waals surface area contributed by atoms with Crippen molar-refractivity contribution in [1.82, 2.24) is 26.6 Å². The number of esters is 1. The van der Waals surface area contributed by atoms with Gasteiger partial charge in [-0.25, -0.2) is 9.59 Å². The number of nitrogens with one attached hydrogen (secondary N) is 5. The predicted octanol–water partition coefficient (Wildman–Crippen LogP) is 0.766. The van der Waals surface area contributed by atoms with Crippen LogP contribution in [-0.2, 0) is 23.9 Å². The van der Waals surface area contributed by atoms with Gasteiger partial charge in [0, 0.05) is 18.7 Å². The molecule has 202 valence electrons. The Balaban J connectivity index is 3.02. The predicted molar refractivity (Wildman–Crippen MR) is 136 cm³/mol. The maximum atomic E-state index is 13.1. The van der Waals surface area contributed by atoms with Crippen LogP contribution in [0, 0.1) is 17.8 Å². The van der Waals surface area contributed by atoms with Gasteiger partial charge in [-0.2, -0.15) is 0 Å². The maximum absolute atomic E-state index is 13.1. The first-order chi connectivity index (χ1) is 16.9. The molecular formula is C25H41N5O6. The molecule has 0 aromatic rings. The first-order valence-electron chi connectivity index (χ1n) is 12.3. The van der Waals surface area contributed by atoms with Gasteiger partial charge in [0.2, 0.25) is 17.7 Å². The fourth-order valence-corrected chi connectivity index (χ4v) is 3.38. The number of amides is 5. The average Bonchev–Trinajstić information content (AvgIpc) is 2.80. The largest absolute Gasteiger partial charge is 0.467 e. The molecule has 0 spiro atoms. The average molecular weight is 508 g/mol. The van der Waals surface area contributed by atoms with Crippen molar-refractivity contribution < 1.29 is 28.7 Å². The summed E-state index contributed by atoms with van der Waals surface area (Å²) in [7, 11) is 1.23. The molecule has 5 amide bonds. The van der Waals surface area contributed by atoms with E-state index in [0.717, 1.165) is 0 Å². The lowest BCUT2D eigenvalue weighted by Gasteiger charge is -2.27. The minimum atomic E-state index is -0.994. The Kier molecular flexibility index (Phi) is 12.7. The van der Waals surface area contributed by atoms with Gasteiger partial charge in [0.25, 0.3) is 0 Å². The van der Waals surface area contributed by atoms with E-state index in [1.165, 1.54) is 13.2 Å². The van der Waals surface area contributed by atoms with Gasteiger partial charge in [-0.05, 0) is 24.2 Å². The quantitative estimate of drug-likeness (QED) is 0.241. The van der Waals surface area contributed by atoms with Crippen LogP contribution in [0.4, 0.5) is 4.79 Å². The van der Waals surface area contributed by atoms with Gasteiger partial charge >= 0.3 is 12.0 Å². The molecule has 0 unspecified atom stereocenters. The Morgan fingerprint density at radius 1 is 0.972 bits per heavy atom. The van der Waals surface area contributed by atoms with Crippen molar-refractivity contribution in [3.63, 3.8) is 0 Å². The zero-order valence-corrected chi connectivity index (χ0v) is 22.2. The van der Waals surface area contributed by atoms with Crippen molar-refractivity contribution in [2.45, 2.75) is 72.1 Å². The highest BCUT2D eigenvalue weighted by Crippen LogP contribution is 2.08. The van der Waals surface area contributed by atoms with Gasteiger partial charge in [-0.15, -0.1) is 0 Å². The Labute approximate surface area is 213 Å². The van der Waals surface area contributed by atoms with Crippen LogP contribution in [-0.4, -0.2) is 67.5 Å². The molecule has 0 aliphatic carbocycles. The van der Waals surface area contributed by atoms with E-state index < -0.39 is 48.0 Å². The molecule has 0 saturated heterocycles. The van der Waals surface area contributed by atoms with E-state index in [1.54, 1.807) is 45.9 Å². The second kappa shape index (κ2) is 14.9. The van der Waals surface area contributed by atoms with E-state index in [0.29, 0.717) is 13.0 Å². The summed E-state index contributed by atoms with van der Waals surface area (Å²) < 4.78 is 4.74. The van der Waals surface area contributed by atoms with Gasteiger partial charge in [-0.3, -0.25) is 14.4 Å². The fourth-order valence-electron chi connectivity index (χ4n) is 3.38. The lowest BCUT2D eigenvalue weighted by atomic mass is 10.0. The number of carbonyl (C=O) groups is 5. The van der Waals surface area contributed by atoms with Crippen molar-refractivity contribution in [2.75, 3.05) is 13.7 Å². The van der Waals surface area contributed by atoms with Gasteiger partial charge in [-0.1, -0.05) is 59.8 Å². The molecule has 5 N–H and O–H groups in total. The first kappa shape index (κ1) is 30.7. The molecule has 11 heteroatoms. The van der Waals surface area contributed by atoms with Crippen LogP contribution in [0.3, 0.4) is 0 Å². The van der Waals surface area contributed by atoms with Crippen molar-refractivity contribution in [2.24, 2.45) is 17.8 Å². The normalized spacial score (nSPS) is 22.3. The van der Waals surface area contributed by atoms with E-state index in [2.05, 4.69) is 26.6 Å². The van der Waals surface area contributed by atoms with Crippen molar-refractivity contribution in [3.8, 4) is 0 Å². The summed E-state index contributed by atoms with van der Waals surface area (Å²) in [6.45, 7) is 11.2. The van der Waals surface area contributed by atoms with Crippen LogP contribution in [0.1, 0.15) is 48.0 Å². The lowest BCUT2D eigenvalue weighted by Crippen LogP contribution is -2.58. The molecule has 0 saturated carbocycles. The van der Waals surface area contributed by atoms with Crippen molar-refractivity contribution >= 4 is 29.7 Å². The number of hydrogen-bond donors (Lipinski definition) is 5. The van der Waals surface area contributed by atoms with Gasteiger partial charge in [0.05, 0.1) is 7.11 Å². The van der Waals surface area contributed by atoms with Crippen LogP contribution in [0.25, 0.3) is 0 Å². The Morgan fingerprint density at radius 3 is 2.14 bits per heavy atom.